The van der Waals surface area contributed by atoms with Gasteiger partial charge in [-0.15, -0.1) is 11.3 Å². The minimum atomic E-state index is -0.110. The Hall–Kier alpha value is -2.73. The lowest BCUT2D eigenvalue weighted by molar-refractivity contribution is -0.130. The maximum Gasteiger partial charge on any atom is 0.251 e. The molecule has 1 heterocycles. The van der Waals surface area contributed by atoms with Gasteiger partial charge in [0.05, 0.1) is 16.8 Å². The zero-order valence-electron chi connectivity index (χ0n) is 14.6. The second-order valence-electron chi connectivity index (χ2n) is 6.05. The van der Waals surface area contributed by atoms with Crippen molar-refractivity contribution in [3.8, 4) is 0 Å². The number of fused-ring (bicyclic) bond motifs is 1. The molecule has 3 rings (SSSR count). The number of para-hydroxylation sites is 1. The van der Waals surface area contributed by atoms with Crippen molar-refractivity contribution < 1.29 is 9.59 Å². The SMILES string of the molecule is CN(Cc1nc2ccccc2s1)C(=O)CCCNC(=O)c1ccccc1. The molecule has 6 heteroatoms. The number of aromatic nitrogens is 1. The van der Waals surface area contributed by atoms with Crippen LogP contribution in [0.15, 0.2) is 54.6 Å². The summed E-state index contributed by atoms with van der Waals surface area (Å²) in [6.45, 7) is 0.989. The average molecular weight is 367 g/mol. The first-order chi connectivity index (χ1) is 12.6. The number of nitrogens with zero attached hydrogens (tertiary/aromatic N) is 2. The van der Waals surface area contributed by atoms with Gasteiger partial charge in [-0.25, -0.2) is 4.98 Å². The average Bonchev–Trinajstić information content (AvgIpc) is 3.07. The van der Waals surface area contributed by atoms with Gasteiger partial charge in [0, 0.05) is 25.6 Å². The van der Waals surface area contributed by atoms with Crippen LogP contribution in [-0.4, -0.2) is 35.3 Å². The molecule has 5 nitrogen and oxygen atoms in total. The maximum atomic E-state index is 12.3. The van der Waals surface area contributed by atoms with Crippen molar-refractivity contribution in [1.82, 2.24) is 15.2 Å². The van der Waals surface area contributed by atoms with Crippen molar-refractivity contribution in [1.29, 1.82) is 0 Å². The minimum Gasteiger partial charge on any atom is -0.352 e. The van der Waals surface area contributed by atoms with Gasteiger partial charge < -0.3 is 10.2 Å². The first kappa shape index (κ1) is 18.1. The van der Waals surface area contributed by atoms with E-state index in [1.54, 1.807) is 35.4 Å². The summed E-state index contributed by atoms with van der Waals surface area (Å²) in [5, 5.41) is 3.77. The molecule has 0 saturated carbocycles. The van der Waals surface area contributed by atoms with Crippen LogP contribution < -0.4 is 5.32 Å². The number of amides is 2. The summed E-state index contributed by atoms with van der Waals surface area (Å²) in [5.41, 5.74) is 1.60. The van der Waals surface area contributed by atoms with Gasteiger partial charge in [-0.2, -0.15) is 0 Å². The summed E-state index contributed by atoms with van der Waals surface area (Å²) in [7, 11) is 1.79. The first-order valence-corrected chi connectivity index (χ1v) is 9.37. The van der Waals surface area contributed by atoms with Gasteiger partial charge in [0.1, 0.15) is 5.01 Å². The fraction of sp³-hybridized carbons (Fsp3) is 0.250. The van der Waals surface area contributed by atoms with Gasteiger partial charge in [-0.1, -0.05) is 30.3 Å². The quantitative estimate of drug-likeness (QED) is 0.651. The lowest BCUT2D eigenvalue weighted by Crippen LogP contribution is -2.28. The number of carbonyl (C=O) groups excluding carboxylic acids is 2. The number of thiazole rings is 1. The van der Waals surface area contributed by atoms with Crippen LogP contribution in [0.25, 0.3) is 10.2 Å². The van der Waals surface area contributed by atoms with E-state index in [1.807, 2.05) is 42.5 Å². The third kappa shape index (κ3) is 4.67. The van der Waals surface area contributed by atoms with Gasteiger partial charge in [0.2, 0.25) is 5.91 Å². The second kappa shape index (κ2) is 8.58. The molecule has 0 spiro atoms. The van der Waals surface area contributed by atoms with Crippen LogP contribution in [-0.2, 0) is 11.3 Å². The van der Waals surface area contributed by atoms with Crippen molar-refractivity contribution in [2.45, 2.75) is 19.4 Å². The summed E-state index contributed by atoms with van der Waals surface area (Å²) >= 11 is 1.61. The maximum absolute atomic E-state index is 12.3. The third-order valence-corrected chi connectivity index (χ3v) is 5.05. The van der Waals surface area contributed by atoms with Gasteiger partial charge in [0.15, 0.2) is 0 Å². The van der Waals surface area contributed by atoms with Crippen molar-refractivity contribution in [2.75, 3.05) is 13.6 Å². The van der Waals surface area contributed by atoms with Crippen LogP contribution in [0.3, 0.4) is 0 Å². The van der Waals surface area contributed by atoms with Crippen molar-refractivity contribution in [2.24, 2.45) is 0 Å². The Morgan fingerprint density at radius 1 is 1.08 bits per heavy atom. The van der Waals surface area contributed by atoms with E-state index in [4.69, 9.17) is 0 Å². The van der Waals surface area contributed by atoms with E-state index in [0.717, 1.165) is 15.2 Å². The van der Waals surface area contributed by atoms with E-state index >= 15 is 0 Å². The topological polar surface area (TPSA) is 62.3 Å². The summed E-state index contributed by atoms with van der Waals surface area (Å²) in [4.78, 5) is 30.5. The predicted molar refractivity (Wildman–Crippen MR) is 104 cm³/mol. The lowest BCUT2D eigenvalue weighted by atomic mass is 10.2. The predicted octanol–water partition coefficient (Wildman–Crippen LogP) is 3.46. The van der Waals surface area contributed by atoms with E-state index in [1.165, 1.54) is 0 Å². The van der Waals surface area contributed by atoms with Crippen molar-refractivity contribution in [3.63, 3.8) is 0 Å². The van der Waals surface area contributed by atoms with Gasteiger partial charge >= 0.3 is 0 Å². The summed E-state index contributed by atoms with van der Waals surface area (Å²) < 4.78 is 1.13. The summed E-state index contributed by atoms with van der Waals surface area (Å²) in [6, 6.07) is 17.0. The fourth-order valence-electron chi connectivity index (χ4n) is 2.60. The Labute approximate surface area is 156 Å². The molecule has 2 aromatic carbocycles. The Balaban J connectivity index is 1.42. The molecular formula is C20H21N3O2S. The highest BCUT2D eigenvalue weighted by Gasteiger charge is 2.12. The second-order valence-corrected chi connectivity index (χ2v) is 7.17. The molecule has 134 valence electrons. The highest BCUT2D eigenvalue weighted by atomic mass is 32.1. The van der Waals surface area contributed by atoms with Crippen LogP contribution >= 0.6 is 11.3 Å². The minimum absolute atomic E-state index is 0.0539. The number of carbonyl (C=O) groups is 2. The molecule has 0 bridgehead atoms. The van der Waals surface area contributed by atoms with E-state index in [2.05, 4.69) is 10.3 Å². The first-order valence-electron chi connectivity index (χ1n) is 8.55. The number of hydrogen-bond donors (Lipinski definition) is 1. The molecule has 0 atom stereocenters. The van der Waals surface area contributed by atoms with Crippen LogP contribution in [0.2, 0.25) is 0 Å². The molecule has 2 amide bonds. The summed E-state index contributed by atoms with van der Waals surface area (Å²) in [5.74, 6) is -0.0564. The standard InChI is InChI=1S/C20H21N3O2S/c1-23(14-18-22-16-10-5-6-11-17(16)26-18)19(24)12-7-13-21-20(25)15-8-3-2-4-9-15/h2-6,8-11H,7,12-14H2,1H3,(H,21,25). The number of nitrogens with one attached hydrogen (secondary N) is 1. The van der Waals surface area contributed by atoms with Crippen LogP contribution in [0, 0.1) is 0 Å². The Morgan fingerprint density at radius 2 is 1.81 bits per heavy atom. The molecule has 0 unspecified atom stereocenters. The van der Waals surface area contributed by atoms with Crippen molar-refractivity contribution >= 4 is 33.4 Å². The summed E-state index contributed by atoms with van der Waals surface area (Å²) in [6.07, 6.45) is 1.01. The molecule has 1 N–H and O–H groups in total. The molecule has 26 heavy (non-hydrogen) atoms. The normalized spacial score (nSPS) is 10.7. The van der Waals surface area contributed by atoms with Gasteiger partial charge in [-0.3, -0.25) is 9.59 Å². The molecule has 0 aliphatic rings. The molecule has 1 aromatic heterocycles. The largest absolute Gasteiger partial charge is 0.352 e. The van der Waals surface area contributed by atoms with E-state index in [0.29, 0.717) is 31.5 Å². The third-order valence-electron chi connectivity index (χ3n) is 4.03. The monoisotopic (exact) mass is 367 g/mol. The smallest absolute Gasteiger partial charge is 0.251 e. The molecule has 3 aromatic rings. The zero-order chi connectivity index (χ0) is 18.4. The Kier molecular flexibility index (Phi) is 5.96. The fourth-order valence-corrected chi connectivity index (χ4v) is 3.62. The molecule has 0 radical (unpaired) electrons. The van der Waals surface area contributed by atoms with Crippen molar-refractivity contribution in [3.05, 3.63) is 65.2 Å². The number of hydrogen-bond acceptors (Lipinski definition) is 4. The number of rotatable bonds is 7. The van der Waals surface area contributed by atoms with E-state index in [9.17, 15) is 9.59 Å². The molecule has 0 saturated heterocycles. The van der Waals surface area contributed by atoms with E-state index in [-0.39, 0.29) is 11.8 Å². The Morgan fingerprint density at radius 3 is 2.58 bits per heavy atom. The molecule has 0 aliphatic heterocycles. The highest BCUT2D eigenvalue weighted by molar-refractivity contribution is 7.18. The van der Waals surface area contributed by atoms with Gasteiger partial charge in [-0.05, 0) is 30.7 Å². The van der Waals surface area contributed by atoms with E-state index < -0.39 is 0 Å². The number of benzene rings is 2. The lowest BCUT2D eigenvalue weighted by Gasteiger charge is -2.15. The van der Waals surface area contributed by atoms with Crippen LogP contribution in [0.4, 0.5) is 0 Å². The van der Waals surface area contributed by atoms with Gasteiger partial charge in [0.25, 0.3) is 5.91 Å². The molecule has 0 aliphatic carbocycles. The highest BCUT2D eigenvalue weighted by Crippen LogP contribution is 2.22. The molecular weight excluding hydrogens is 346 g/mol. The van der Waals surface area contributed by atoms with Crippen LogP contribution in [0.5, 0.6) is 0 Å². The van der Waals surface area contributed by atoms with Crippen LogP contribution in [0.1, 0.15) is 28.2 Å². The Bertz CT molecular complexity index is 859. The molecule has 0 fully saturated rings. The zero-order valence-corrected chi connectivity index (χ0v) is 15.5.